The van der Waals surface area contributed by atoms with Crippen molar-refractivity contribution in [1.82, 2.24) is 9.80 Å². The van der Waals surface area contributed by atoms with Gasteiger partial charge >= 0.3 is 5.69 Å². The van der Waals surface area contributed by atoms with Gasteiger partial charge in [-0.05, 0) is 54.6 Å². The molecule has 3 aromatic rings. The van der Waals surface area contributed by atoms with E-state index >= 15 is 0 Å². The summed E-state index contributed by atoms with van der Waals surface area (Å²) in [7, 11) is 1.41. The minimum Gasteiger partial charge on any atom is -0.490 e. The minimum absolute atomic E-state index is 0.0315. The van der Waals surface area contributed by atoms with Crippen LogP contribution in [0.25, 0.3) is 11.1 Å². The smallest absolute Gasteiger partial charge is 0.311 e. The Morgan fingerprint density at radius 2 is 1.57 bits per heavy atom. The number of hydrogen-bond acceptors (Lipinski definition) is 6. The fourth-order valence-corrected chi connectivity index (χ4v) is 5.78. The van der Waals surface area contributed by atoms with Crippen molar-refractivity contribution in [3.63, 3.8) is 0 Å². The highest BCUT2D eigenvalue weighted by atomic mass is 16.6. The number of amides is 1. The number of methoxy groups -OCH3 is 1. The van der Waals surface area contributed by atoms with Gasteiger partial charge in [0.25, 0.3) is 0 Å². The molecule has 5 rings (SSSR count). The summed E-state index contributed by atoms with van der Waals surface area (Å²) in [6.45, 7) is 4.17. The summed E-state index contributed by atoms with van der Waals surface area (Å²) in [6.07, 6.45) is 4.22. The van der Waals surface area contributed by atoms with E-state index in [1.165, 1.54) is 29.9 Å². The summed E-state index contributed by atoms with van der Waals surface area (Å²) in [5, 5.41) is 11.1. The van der Waals surface area contributed by atoms with Crippen LogP contribution >= 0.6 is 0 Å². The lowest BCUT2D eigenvalue weighted by molar-refractivity contribution is -0.385. The average molecular weight is 544 g/mol. The molecule has 0 N–H and O–H groups in total. The number of benzene rings is 3. The van der Waals surface area contributed by atoms with E-state index in [1.807, 2.05) is 11.0 Å². The Bertz CT molecular complexity index is 1280. The molecule has 1 amide bonds. The standard InChI is InChI=1S/C32H37N3O5/c1-39-31-23-29(11-12-30(31)35(37)38)40-28-15-21-34(22-16-28)32(36)17-20-33-18-13-27(14-19-33)26-9-7-25(8-10-26)24-5-3-2-4-6-24/h2-12,23,27-28H,13-22H2,1H3. The number of carbonyl (C=O) groups excluding carboxylic acids is 1. The van der Waals surface area contributed by atoms with Crippen LogP contribution in [0.5, 0.6) is 11.5 Å². The highest BCUT2D eigenvalue weighted by Gasteiger charge is 2.26. The third-order valence-electron chi connectivity index (χ3n) is 8.16. The number of rotatable bonds is 9. The third kappa shape index (κ3) is 6.80. The Morgan fingerprint density at radius 1 is 0.900 bits per heavy atom. The lowest BCUT2D eigenvalue weighted by atomic mass is 9.88. The Hall–Kier alpha value is -3.91. The molecule has 2 aliphatic rings. The molecule has 2 aliphatic heterocycles. The predicted octanol–water partition coefficient (Wildman–Crippen LogP) is 5.91. The first-order valence-electron chi connectivity index (χ1n) is 14.1. The van der Waals surface area contributed by atoms with E-state index in [2.05, 4.69) is 53.4 Å². The van der Waals surface area contributed by atoms with Gasteiger partial charge in [-0.1, -0.05) is 54.6 Å². The van der Waals surface area contributed by atoms with E-state index in [4.69, 9.17) is 9.47 Å². The Morgan fingerprint density at radius 3 is 2.23 bits per heavy atom. The zero-order valence-electron chi connectivity index (χ0n) is 23.0. The highest BCUT2D eigenvalue weighted by molar-refractivity contribution is 5.76. The van der Waals surface area contributed by atoms with Gasteiger partial charge in [-0.15, -0.1) is 0 Å². The Labute approximate surface area is 235 Å². The van der Waals surface area contributed by atoms with Crippen LogP contribution in [0.1, 0.15) is 43.6 Å². The Balaban J connectivity index is 1.02. The number of piperidine rings is 2. The maximum Gasteiger partial charge on any atom is 0.311 e. The molecule has 0 radical (unpaired) electrons. The third-order valence-corrected chi connectivity index (χ3v) is 8.16. The molecule has 0 aromatic heterocycles. The molecule has 0 bridgehead atoms. The lowest BCUT2D eigenvalue weighted by Gasteiger charge is -2.34. The molecule has 8 heteroatoms. The average Bonchev–Trinajstić information content (AvgIpc) is 3.01. The molecule has 2 saturated heterocycles. The number of likely N-dealkylation sites (tertiary alicyclic amines) is 2. The fourth-order valence-electron chi connectivity index (χ4n) is 5.78. The molecular formula is C32H37N3O5. The van der Waals surface area contributed by atoms with Gasteiger partial charge in [0.15, 0.2) is 0 Å². The molecule has 3 aromatic carbocycles. The maximum atomic E-state index is 12.9. The largest absolute Gasteiger partial charge is 0.490 e. The topological polar surface area (TPSA) is 85.2 Å². The van der Waals surface area contributed by atoms with Crippen molar-refractivity contribution in [1.29, 1.82) is 0 Å². The number of ether oxygens (including phenoxy) is 2. The van der Waals surface area contributed by atoms with Crippen molar-refractivity contribution in [3.8, 4) is 22.6 Å². The first kappa shape index (κ1) is 27.6. The van der Waals surface area contributed by atoms with Crippen LogP contribution < -0.4 is 9.47 Å². The van der Waals surface area contributed by atoms with Crippen molar-refractivity contribution >= 4 is 11.6 Å². The second-order valence-electron chi connectivity index (χ2n) is 10.6. The van der Waals surface area contributed by atoms with Gasteiger partial charge in [0.1, 0.15) is 11.9 Å². The molecule has 40 heavy (non-hydrogen) atoms. The molecule has 0 saturated carbocycles. The second kappa shape index (κ2) is 13.0. The van der Waals surface area contributed by atoms with E-state index in [1.54, 1.807) is 12.1 Å². The number of nitro groups is 1. The lowest BCUT2D eigenvalue weighted by Crippen LogP contribution is -2.43. The maximum absolute atomic E-state index is 12.9. The van der Waals surface area contributed by atoms with Gasteiger partial charge in [0, 0.05) is 51.0 Å². The first-order valence-corrected chi connectivity index (χ1v) is 14.1. The number of carbonyl (C=O) groups is 1. The van der Waals surface area contributed by atoms with E-state index < -0.39 is 4.92 Å². The molecule has 2 fully saturated rings. The summed E-state index contributed by atoms with van der Waals surface area (Å²) in [5.74, 6) is 1.50. The first-order chi connectivity index (χ1) is 19.5. The van der Waals surface area contributed by atoms with Gasteiger partial charge in [0.05, 0.1) is 12.0 Å². The van der Waals surface area contributed by atoms with Crippen LogP contribution in [0, 0.1) is 10.1 Å². The van der Waals surface area contributed by atoms with Crippen molar-refractivity contribution in [3.05, 3.63) is 88.5 Å². The van der Waals surface area contributed by atoms with Crippen LogP contribution in [0.4, 0.5) is 5.69 Å². The Kier molecular flexibility index (Phi) is 8.96. The van der Waals surface area contributed by atoms with Gasteiger partial charge in [0.2, 0.25) is 11.7 Å². The van der Waals surface area contributed by atoms with Crippen LogP contribution in [-0.2, 0) is 4.79 Å². The van der Waals surface area contributed by atoms with Gasteiger partial charge in [-0.2, -0.15) is 0 Å². The summed E-state index contributed by atoms with van der Waals surface area (Å²) >= 11 is 0. The minimum atomic E-state index is -0.473. The van der Waals surface area contributed by atoms with Gasteiger partial charge < -0.3 is 19.3 Å². The molecule has 8 nitrogen and oxygen atoms in total. The molecule has 0 atom stereocenters. The van der Waals surface area contributed by atoms with Crippen LogP contribution in [0.2, 0.25) is 0 Å². The number of nitro benzene ring substituents is 1. The molecule has 2 heterocycles. The molecule has 210 valence electrons. The second-order valence-corrected chi connectivity index (χ2v) is 10.6. The van der Waals surface area contributed by atoms with Crippen LogP contribution in [-0.4, -0.2) is 66.6 Å². The van der Waals surface area contributed by atoms with E-state index in [0.29, 0.717) is 31.2 Å². The van der Waals surface area contributed by atoms with Crippen LogP contribution in [0.3, 0.4) is 0 Å². The quantitative estimate of drug-likeness (QED) is 0.246. The van der Waals surface area contributed by atoms with Gasteiger partial charge in [-0.3, -0.25) is 14.9 Å². The van der Waals surface area contributed by atoms with Crippen molar-refractivity contribution in [2.24, 2.45) is 0 Å². The highest BCUT2D eigenvalue weighted by Crippen LogP contribution is 2.32. The fraction of sp³-hybridized carbons (Fsp3) is 0.406. The molecule has 0 aliphatic carbocycles. The number of hydrogen-bond donors (Lipinski definition) is 0. The van der Waals surface area contributed by atoms with E-state index in [9.17, 15) is 14.9 Å². The van der Waals surface area contributed by atoms with E-state index in [0.717, 1.165) is 45.3 Å². The molecular weight excluding hydrogens is 506 g/mol. The van der Waals surface area contributed by atoms with Gasteiger partial charge in [-0.25, -0.2) is 0 Å². The van der Waals surface area contributed by atoms with Crippen molar-refractivity contribution < 1.29 is 19.2 Å². The predicted molar refractivity (Wildman–Crippen MR) is 155 cm³/mol. The summed E-state index contributed by atoms with van der Waals surface area (Å²) in [6, 6.07) is 24.0. The normalized spacial score (nSPS) is 17.0. The summed E-state index contributed by atoms with van der Waals surface area (Å²) in [4.78, 5) is 27.9. The summed E-state index contributed by atoms with van der Waals surface area (Å²) in [5.41, 5.74) is 3.82. The summed E-state index contributed by atoms with van der Waals surface area (Å²) < 4.78 is 11.2. The SMILES string of the molecule is COc1cc(OC2CCN(C(=O)CCN3CCC(c4ccc(-c5ccccc5)cc4)CC3)CC2)ccc1[N+](=O)[O-]. The zero-order valence-corrected chi connectivity index (χ0v) is 23.0. The molecule has 0 spiro atoms. The molecule has 0 unspecified atom stereocenters. The van der Waals surface area contributed by atoms with Crippen LogP contribution in [0.15, 0.2) is 72.8 Å². The zero-order chi connectivity index (χ0) is 27.9. The monoisotopic (exact) mass is 543 g/mol. The number of nitrogens with zero attached hydrogens (tertiary/aromatic N) is 3. The van der Waals surface area contributed by atoms with Crippen molar-refractivity contribution in [2.45, 2.75) is 44.1 Å². The van der Waals surface area contributed by atoms with E-state index in [-0.39, 0.29) is 23.4 Å². The van der Waals surface area contributed by atoms with Crippen molar-refractivity contribution in [2.75, 3.05) is 39.8 Å².